The summed E-state index contributed by atoms with van der Waals surface area (Å²) in [6, 6.07) is 4.40. The Morgan fingerprint density at radius 3 is 3.00 bits per heavy atom. The molecule has 78 valence electrons. The second-order valence-electron chi connectivity index (χ2n) is 2.96. The average Bonchev–Trinajstić information content (AvgIpc) is 2.69. The number of halogens is 2. The highest BCUT2D eigenvalue weighted by atomic mass is 79.9. The molecule has 0 bridgehead atoms. The molecular formula is C9H8BrFN4. The Labute approximate surface area is 94.2 Å². The molecule has 0 aliphatic carbocycles. The number of rotatable bonds is 2. The van der Waals surface area contributed by atoms with E-state index in [1.165, 1.54) is 16.8 Å². The summed E-state index contributed by atoms with van der Waals surface area (Å²) in [5.41, 5.74) is 0.608. The van der Waals surface area contributed by atoms with Crippen LogP contribution in [0.4, 0.5) is 4.39 Å². The molecule has 0 N–H and O–H groups in total. The number of hydrogen-bond acceptors (Lipinski definition) is 3. The Bertz CT molecular complexity index is 483. The van der Waals surface area contributed by atoms with Crippen LogP contribution in [-0.2, 0) is 6.42 Å². The topological polar surface area (TPSA) is 43.6 Å². The van der Waals surface area contributed by atoms with E-state index in [4.69, 9.17) is 0 Å². The van der Waals surface area contributed by atoms with E-state index in [0.717, 1.165) is 4.47 Å². The summed E-state index contributed by atoms with van der Waals surface area (Å²) in [7, 11) is 0. The van der Waals surface area contributed by atoms with E-state index >= 15 is 0 Å². The minimum atomic E-state index is -0.314. The normalized spacial score (nSPS) is 10.6. The predicted molar refractivity (Wildman–Crippen MR) is 56.2 cm³/mol. The summed E-state index contributed by atoms with van der Waals surface area (Å²) in [4.78, 5) is 0. The minimum Gasteiger partial charge on any atom is -0.207 e. The molecule has 0 aliphatic heterocycles. The average molecular weight is 271 g/mol. The van der Waals surface area contributed by atoms with Crippen LogP contribution in [0.3, 0.4) is 0 Å². The van der Waals surface area contributed by atoms with Gasteiger partial charge in [-0.15, -0.1) is 5.10 Å². The van der Waals surface area contributed by atoms with Gasteiger partial charge in [-0.3, -0.25) is 0 Å². The lowest BCUT2D eigenvalue weighted by Gasteiger charge is -2.05. The molecule has 0 fully saturated rings. The van der Waals surface area contributed by atoms with Crippen LogP contribution in [0.1, 0.15) is 12.7 Å². The summed E-state index contributed by atoms with van der Waals surface area (Å²) in [5, 5.41) is 11.2. The van der Waals surface area contributed by atoms with Crippen molar-refractivity contribution in [3.05, 3.63) is 34.3 Å². The van der Waals surface area contributed by atoms with Crippen LogP contribution < -0.4 is 0 Å². The van der Waals surface area contributed by atoms with Gasteiger partial charge in [0, 0.05) is 17.0 Å². The molecule has 2 aromatic rings. The molecule has 4 nitrogen and oxygen atoms in total. The molecule has 0 unspecified atom stereocenters. The molecule has 0 spiro atoms. The molecule has 1 heterocycles. The summed E-state index contributed by atoms with van der Waals surface area (Å²) in [6.07, 6.45) is 0.690. The van der Waals surface area contributed by atoms with Gasteiger partial charge >= 0.3 is 0 Å². The van der Waals surface area contributed by atoms with Gasteiger partial charge in [0.2, 0.25) is 0 Å². The first-order valence-electron chi connectivity index (χ1n) is 4.45. The van der Waals surface area contributed by atoms with Gasteiger partial charge < -0.3 is 0 Å². The van der Waals surface area contributed by atoms with Gasteiger partial charge in [0.1, 0.15) is 5.82 Å². The molecule has 1 aromatic carbocycles. The van der Waals surface area contributed by atoms with E-state index in [0.29, 0.717) is 17.9 Å². The third-order valence-corrected chi connectivity index (χ3v) is 2.66. The number of nitrogens with zero attached hydrogens (tertiary/aromatic N) is 4. The van der Waals surface area contributed by atoms with Crippen LogP contribution in [0.2, 0.25) is 0 Å². The summed E-state index contributed by atoms with van der Waals surface area (Å²) in [5.74, 6) is 0.382. The minimum absolute atomic E-state index is 0.314. The number of aryl methyl sites for hydroxylation is 1. The first-order valence-corrected chi connectivity index (χ1v) is 5.24. The SMILES string of the molecule is CCc1nnnn1-c1cc(F)ccc1Br. The zero-order valence-electron chi connectivity index (χ0n) is 7.98. The maximum Gasteiger partial charge on any atom is 0.156 e. The molecule has 2 rings (SSSR count). The van der Waals surface area contributed by atoms with Crippen molar-refractivity contribution in [2.45, 2.75) is 13.3 Å². The van der Waals surface area contributed by atoms with Gasteiger partial charge in [-0.2, -0.15) is 4.68 Å². The first kappa shape index (κ1) is 10.2. The van der Waals surface area contributed by atoms with E-state index < -0.39 is 0 Å². The predicted octanol–water partition coefficient (Wildman–Crippen LogP) is 2.13. The fourth-order valence-corrected chi connectivity index (χ4v) is 1.68. The van der Waals surface area contributed by atoms with Crippen molar-refractivity contribution in [2.75, 3.05) is 0 Å². The molecule has 0 saturated heterocycles. The number of aromatic nitrogens is 4. The number of benzene rings is 1. The van der Waals surface area contributed by atoms with Crippen LogP contribution in [0.5, 0.6) is 0 Å². The van der Waals surface area contributed by atoms with E-state index in [2.05, 4.69) is 31.5 Å². The zero-order chi connectivity index (χ0) is 10.8. The lowest BCUT2D eigenvalue weighted by molar-refractivity contribution is 0.623. The van der Waals surface area contributed by atoms with E-state index in [-0.39, 0.29) is 5.82 Å². The van der Waals surface area contributed by atoms with Crippen molar-refractivity contribution >= 4 is 15.9 Å². The lowest BCUT2D eigenvalue weighted by atomic mass is 10.3. The fraction of sp³-hybridized carbons (Fsp3) is 0.222. The van der Waals surface area contributed by atoms with E-state index in [9.17, 15) is 4.39 Å². The van der Waals surface area contributed by atoms with Crippen LogP contribution in [0.25, 0.3) is 5.69 Å². The smallest absolute Gasteiger partial charge is 0.156 e. The maximum absolute atomic E-state index is 13.1. The molecular weight excluding hydrogens is 263 g/mol. The Morgan fingerprint density at radius 2 is 2.27 bits per heavy atom. The van der Waals surface area contributed by atoms with Crippen LogP contribution in [-0.4, -0.2) is 20.2 Å². The van der Waals surface area contributed by atoms with Gasteiger partial charge in [-0.05, 0) is 38.5 Å². The quantitative estimate of drug-likeness (QED) is 0.840. The van der Waals surface area contributed by atoms with Crippen molar-refractivity contribution < 1.29 is 4.39 Å². The first-order chi connectivity index (χ1) is 7.22. The Morgan fingerprint density at radius 1 is 1.47 bits per heavy atom. The third kappa shape index (κ3) is 1.90. The van der Waals surface area contributed by atoms with Gasteiger partial charge in [0.15, 0.2) is 5.82 Å². The van der Waals surface area contributed by atoms with Gasteiger partial charge in [0.25, 0.3) is 0 Å². The van der Waals surface area contributed by atoms with Crippen molar-refractivity contribution in [1.82, 2.24) is 20.2 Å². The highest BCUT2D eigenvalue weighted by molar-refractivity contribution is 9.10. The number of tetrazole rings is 1. The van der Waals surface area contributed by atoms with Gasteiger partial charge in [-0.1, -0.05) is 6.92 Å². The highest BCUT2D eigenvalue weighted by Gasteiger charge is 2.10. The molecule has 1 aromatic heterocycles. The second-order valence-corrected chi connectivity index (χ2v) is 3.81. The van der Waals surface area contributed by atoms with Gasteiger partial charge in [0.05, 0.1) is 5.69 Å². The molecule has 0 aliphatic rings. The molecule has 15 heavy (non-hydrogen) atoms. The fourth-order valence-electron chi connectivity index (χ4n) is 1.26. The lowest BCUT2D eigenvalue weighted by Crippen LogP contribution is -2.03. The van der Waals surface area contributed by atoms with Crippen LogP contribution in [0.15, 0.2) is 22.7 Å². The molecule has 0 atom stereocenters. The molecule has 0 radical (unpaired) electrons. The maximum atomic E-state index is 13.1. The molecule has 6 heteroatoms. The Balaban J connectivity index is 2.58. The summed E-state index contributed by atoms with van der Waals surface area (Å²) in [6.45, 7) is 1.94. The molecule has 0 amide bonds. The Kier molecular flexibility index (Phi) is 2.77. The second kappa shape index (κ2) is 4.06. The Hall–Kier alpha value is -1.30. The van der Waals surface area contributed by atoms with Crippen LogP contribution in [0, 0.1) is 5.82 Å². The van der Waals surface area contributed by atoms with Crippen molar-refractivity contribution in [3.8, 4) is 5.69 Å². The molecule has 0 saturated carbocycles. The monoisotopic (exact) mass is 270 g/mol. The third-order valence-electron chi connectivity index (χ3n) is 1.99. The van der Waals surface area contributed by atoms with Crippen molar-refractivity contribution in [1.29, 1.82) is 0 Å². The summed E-state index contributed by atoms with van der Waals surface area (Å²) >= 11 is 3.33. The van der Waals surface area contributed by atoms with E-state index in [1.807, 2.05) is 6.92 Å². The van der Waals surface area contributed by atoms with E-state index in [1.54, 1.807) is 6.07 Å². The number of hydrogen-bond donors (Lipinski definition) is 0. The van der Waals surface area contributed by atoms with Crippen LogP contribution >= 0.6 is 15.9 Å². The van der Waals surface area contributed by atoms with Gasteiger partial charge in [-0.25, -0.2) is 4.39 Å². The van der Waals surface area contributed by atoms with Crippen molar-refractivity contribution in [2.24, 2.45) is 0 Å². The van der Waals surface area contributed by atoms with Crippen molar-refractivity contribution in [3.63, 3.8) is 0 Å². The zero-order valence-corrected chi connectivity index (χ0v) is 9.57. The summed E-state index contributed by atoms with van der Waals surface area (Å²) < 4.78 is 15.3. The standard InChI is InChI=1S/C9H8BrFN4/c1-2-9-12-13-14-15(9)8-5-6(11)3-4-7(8)10/h3-5H,2H2,1H3. The largest absolute Gasteiger partial charge is 0.207 e. The highest BCUT2D eigenvalue weighted by Crippen LogP contribution is 2.21.